The van der Waals surface area contributed by atoms with Crippen LogP contribution in [0, 0.1) is 34.6 Å². The van der Waals surface area contributed by atoms with Crippen molar-refractivity contribution in [2.75, 3.05) is 68.2 Å². The molecule has 105 heavy (non-hydrogen) atoms. The minimum absolute atomic E-state index is 0.0868. The Hall–Kier alpha value is -11.6. The van der Waals surface area contributed by atoms with Crippen molar-refractivity contribution in [1.82, 2.24) is 0 Å². The summed E-state index contributed by atoms with van der Waals surface area (Å²) in [4.78, 5) is 48.7. The highest BCUT2D eigenvalue weighted by Crippen LogP contribution is 2.35. The third-order valence-electron chi connectivity index (χ3n) is 15.7. The summed E-state index contributed by atoms with van der Waals surface area (Å²) in [5.74, 6) is 0.499. The fourth-order valence-electron chi connectivity index (χ4n) is 10.6. The minimum atomic E-state index is -3.80. The van der Waals surface area contributed by atoms with E-state index in [1.54, 1.807) is 143 Å². The standard InChI is InChI=1S/2C19H19NO6S.C18H17NO6S.C18H17NO5S/c1-12-4-7-14(8-5-12)27(22,23)20-13-6-9-16-15(10-13)18(19(21)25-3)17(26-16)11-24-2;1-4-25-19(21)18-12(2)26-17-10-5-13(11-16(17)18)20-27(22,23)15-8-6-14(24-3)7-9-15;1-11-17(18(20)24-3)15-10-12(4-9-16(15)25-11)19-26(21,22)14-7-5-13(23-2)6-8-14;1-11-4-7-14(8-5-11)25(21,22)19-13-6-9-16-15(10-13)17(12(2)24-16)18(20)23-3/h4-10,20H,11H2,1-3H3;5-11,20H,4H2,1-3H3;4-10,19H,1-3H3;4-10,19H,1-3H3. The van der Waals surface area contributed by atoms with Crippen LogP contribution in [0.15, 0.2) is 207 Å². The molecular formula is C74H72N4O23S4. The van der Waals surface area contributed by atoms with E-state index in [0.717, 1.165) is 11.1 Å². The smallest absolute Gasteiger partial charge is 0.342 e. The summed E-state index contributed by atoms with van der Waals surface area (Å²) in [7, 11) is -6.76. The number of nitrogens with one attached hydrogen (secondary N) is 4. The average molecular weight is 1510 g/mol. The van der Waals surface area contributed by atoms with Gasteiger partial charge in [0, 0.05) is 51.4 Å². The molecule has 0 unspecified atom stereocenters. The third kappa shape index (κ3) is 18.1. The van der Waals surface area contributed by atoms with E-state index in [4.69, 9.17) is 50.8 Å². The number of benzene rings is 8. The molecule has 4 heterocycles. The second kappa shape index (κ2) is 32.8. The van der Waals surface area contributed by atoms with Crippen LogP contribution < -0.4 is 28.4 Å². The second-order valence-corrected chi connectivity index (χ2v) is 29.6. The number of sulfonamides is 4. The molecule has 0 saturated carbocycles. The van der Waals surface area contributed by atoms with Gasteiger partial charge in [0.05, 0.1) is 61.7 Å². The van der Waals surface area contributed by atoms with Gasteiger partial charge in [0.25, 0.3) is 40.1 Å². The zero-order valence-corrected chi connectivity index (χ0v) is 61.9. The molecule has 0 saturated heterocycles. The molecule has 4 N–H and O–H groups in total. The van der Waals surface area contributed by atoms with Crippen LogP contribution in [-0.2, 0) is 70.4 Å². The van der Waals surface area contributed by atoms with E-state index in [9.17, 15) is 52.8 Å². The first-order valence-corrected chi connectivity index (χ1v) is 37.4. The fourth-order valence-corrected chi connectivity index (χ4v) is 14.8. The average Bonchev–Trinajstić information content (AvgIpc) is 1.67. The van der Waals surface area contributed by atoms with Gasteiger partial charge in [-0.3, -0.25) is 18.9 Å². The molecule has 0 amide bonds. The van der Waals surface area contributed by atoms with Gasteiger partial charge in [0.2, 0.25) is 0 Å². The number of methoxy groups -OCH3 is 6. The predicted octanol–water partition coefficient (Wildman–Crippen LogP) is 14.2. The molecule has 12 aromatic rings. The van der Waals surface area contributed by atoms with Crippen molar-refractivity contribution in [2.24, 2.45) is 0 Å². The number of anilines is 4. The van der Waals surface area contributed by atoms with Crippen molar-refractivity contribution < 1.29 is 104 Å². The number of furan rings is 4. The Morgan fingerprint density at radius 1 is 0.343 bits per heavy atom. The Morgan fingerprint density at radius 3 is 0.886 bits per heavy atom. The highest BCUT2D eigenvalue weighted by atomic mass is 32.2. The number of carbonyl (C=O) groups is 4. The quantitative estimate of drug-likeness (QED) is 0.0383. The number of hydrogen-bond donors (Lipinski definition) is 4. The summed E-state index contributed by atoms with van der Waals surface area (Å²) in [6, 6.07) is 44.0. The SMILES string of the molecule is CCOC(=O)c1c(C)oc2ccc(NS(=O)(=O)c3ccc(OC)cc3)cc12.COC(=O)c1c(C)oc2ccc(NS(=O)(=O)c3ccc(C)cc3)cc12.COC(=O)c1c(C)oc2ccc(NS(=O)(=O)c3ccc(OC)cc3)cc12.COCc1oc2ccc(NS(=O)(=O)c3ccc(C)cc3)cc2c1C(=O)OC. The van der Waals surface area contributed by atoms with Crippen molar-refractivity contribution >= 4 is 131 Å². The normalized spacial score (nSPS) is 11.4. The fraction of sp³-hybridized carbons (Fsp3) is 0.189. The van der Waals surface area contributed by atoms with Gasteiger partial charge >= 0.3 is 23.9 Å². The van der Waals surface area contributed by atoms with Crippen LogP contribution in [0.2, 0.25) is 0 Å². The third-order valence-corrected chi connectivity index (χ3v) is 21.3. The van der Waals surface area contributed by atoms with Crippen LogP contribution in [0.3, 0.4) is 0 Å². The lowest BCUT2D eigenvalue weighted by atomic mass is 10.1. The topological polar surface area (TPSA) is 370 Å². The van der Waals surface area contributed by atoms with Crippen LogP contribution in [-0.4, -0.2) is 107 Å². The van der Waals surface area contributed by atoms with Crippen molar-refractivity contribution in [1.29, 1.82) is 0 Å². The lowest BCUT2D eigenvalue weighted by Gasteiger charge is -2.09. The van der Waals surface area contributed by atoms with E-state index in [1.807, 2.05) is 13.8 Å². The maximum Gasteiger partial charge on any atom is 0.342 e. The highest BCUT2D eigenvalue weighted by Gasteiger charge is 2.27. The number of fused-ring (bicyclic) bond motifs is 4. The Bertz CT molecular complexity index is 5690. The zero-order chi connectivity index (χ0) is 76.3. The number of aryl methyl sites for hydroxylation is 5. The van der Waals surface area contributed by atoms with E-state index >= 15 is 0 Å². The van der Waals surface area contributed by atoms with Gasteiger partial charge in [-0.05, 0) is 187 Å². The molecule has 0 atom stereocenters. The van der Waals surface area contributed by atoms with Crippen LogP contribution in [0.4, 0.5) is 22.7 Å². The summed E-state index contributed by atoms with van der Waals surface area (Å²) >= 11 is 0. The molecule has 12 rings (SSSR count). The Morgan fingerprint density at radius 2 is 0.610 bits per heavy atom. The number of ether oxygens (including phenoxy) is 7. The molecule has 0 bridgehead atoms. The van der Waals surface area contributed by atoms with E-state index in [0.29, 0.717) is 101 Å². The molecule has 4 aromatic heterocycles. The van der Waals surface area contributed by atoms with Gasteiger partial charge in [0.1, 0.15) is 85.7 Å². The maximum absolute atomic E-state index is 12.6. The first-order valence-electron chi connectivity index (χ1n) is 31.5. The number of carbonyl (C=O) groups excluding carboxylic acids is 4. The van der Waals surface area contributed by atoms with Gasteiger partial charge < -0.3 is 50.8 Å². The molecule has 8 aromatic carbocycles. The van der Waals surface area contributed by atoms with Crippen LogP contribution in [0.5, 0.6) is 11.5 Å². The van der Waals surface area contributed by atoms with Gasteiger partial charge in [-0.15, -0.1) is 0 Å². The number of rotatable bonds is 21. The summed E-state index contributed by atoms with van der Waals surface area (Å²) in [5.41, 5.74) is 6.10. The molecule has 0 radical (unpaired) electrons. The summed E-state index contributed by atoms with van der Waals surface area (Å²) < 4.78 is 167. The first kappa shape index (κ1) is 77.5. The van der Waals surface area contributed by atoms with E-state index < -0.39 is 64.0 Å². The van der Waals surface area contributed by atoms with Gasteiger partial charge in [0.15, 0.2) is 0 Å². The maximum atomic E-state index is 12.6. The zero-order valence-electron chi connectivity index (χ0n) is 58.6. The van der Waals surface area contributed by atoms with Crippen molar-refractivity contribution in [3.8, 4) is 11.5 Å². The van der Waals surface area contributed by atoms with Crippen LogP contribution in [0.1, 0.15) is 82.5 Å². The lowest BCUT2D eigenvalue weighted by Crippen LogP contribution is -2.13. The molecule has 27 nitrogen and oxygen atoms in total. The predicted molar refractivity (Wildman–Crippen MR) is 391 cm³/mol. The Labute approximate surface area is 604 Å². The largest absolute Gasteiger partial charge is 0.497 e. The summed E-state index contributed by atoms with van der Waals surface area (Å²) in [6.45, 7) is 10.8. The second-order valence-electron chi connectivity index (χ2n) is 22.9. The first-order chi connectivity index (χ1) is 49.9. The highest BCUT2D eigenvalue weighted by molar-refractivity contribution is 7.93. The summed E-state index contributed by atoms with van der Waals surface area (Å²) in [6.07, 6.45) is 0. The molecule has 0 aliphatic heterocycles. The van der Waals surface area contributed by atoms with Crippen LogP contribution in [0.25, 0.3) is 43.9 Å². The monoisotopic (exact) mass is 1510 g/mol. The lowest BCUT2D eigenvalue weighted by molar-refractivity contribution is 0.0523. The van der Waals surface area contributed by atoms with Crippen molar-refractivity contribution in [2.45, 2.75) is 67.7 Å². The molecular weight excluding hydrogens is 1440 g/mol. The molecule has 0 aliphatic carbocycles. The Balaban J connectivity index is 0.000000162. The van der Waals surface area contributed by atoms with E-state index in [-0.39, 0.29) is 55.0 Å². The summed E-state index contributed by atoms with van der Waals surface area (Å²) in [5, 5.41) is 1.90. The molecule has 0 aliphatic rings. The van der Waals surface area contributed by atoms with Crippen LogP contribution >= 0.6 is 0 Å². The van der Waals surface area contributed by atoms with Gasteiger partial charge in [-0.25, -0.2) is 52.8 Å². The molecule has 0 fully saturated rings. The van der Waals surface area contributed by atoms with E-state index in [1.165, 1.54) is 97.3 Å². The molecule has 31 heteroatoms. The minimum Gasteiger partial charge on any atom is -0.497 e. The van der Waals surface area contributed by atoms with Gasteiger partial charge in [-0.1, -0.05) is 35.4 Å². The molecule has 550 valence electrons. The van der Waals surface area contributed by atoms with Crippen molar-refractivity contribution in [3.05, 3.63) is 226 Å². The Kier molecular flexibility index (Phi) is 24.2. The number of esters is 4. The van der Waals surface area contributed by atoms with Gasteiger partial charge in [-0.2, -0.15) is 0 Å². The number of hydrogen-bond acceptors (Lipinski definition) is 23. The van der Waals surface area contributed by atoms with E-state index in [2.05, 4.69) is 18.9 Å². The van der Waals surface area contributed by atoms with Crippen molar-refractivity contribution in [3.63, 3.8) is 0 Å². The molecule has 0 spiro atoms.